The van der Waals surface area contributed by atoms with Gasteiger partial charge < -0.3 is 25.5 Å². The van der Waals surface area contributed by atoms with Crippen molar-refractivity contribution in [2.24, 2.45) is 52.3 Å². The molecule has 5 N–H and O–H groups in total. The molecule has 0 aromatic rings. The summed E-state index contributed by atoms with van der Waals surface area (Å²) in [6.07, 6.45) is 5.81. The normalized spacial score (nSPS) is 51.7. The van der Waals surface area contributed by atoms with Crippen molar-refractivity contribution in [3.8, 4) is 0 Å². The first-order valence-corrected chi connectivity index (χ1v) is 13.8. The van der Waals surface area contributed by atoms with Gasteiger partial charge in [0.2, 0.25) is 0 Å². The summed E-state index contributed by atoms with van der Waals surface area (Å²) < 4.78 is 0. The molecule has 34 heavy (non-hydrogen) atoms. The van der Waals surface area contributed by atoms with E-state index in [1.54, 1.807) is 0 Å². The number of aliphatic hydroxyl groups is 5. The molecular formula is C29H50O5. The average Bonchev–Trinajstić information content (AvgIpc) is 3.05. The lowest BCUT2D eigenvalue weighted by Gasteiger charge is -2.66. The zero-order valence-corrected chi connectivity index (χ0v) is 22.2. The average molecular weight is 479 g/mol. The molecule has 1 unspecified atom stereocenters. The predicted molar refractivity (Wildman–Crippen MR) is 134 cm³/mol. The Bertz CT molecular complexity index is 782. The number of fused-ring (bicyclic) bond motifs is 5. The quantitative estimate of drug-likeness (QED) is 0.386. The molecule has 4 aliphatic rings. The second kappa shape index (κ2) is 9.13. The van der Waals surface area contributed by atoms with Gasteiger partial charge in [-0.05, 0) is 91.8 Å². The number of allylic oxidation sites excluding steroid dienone is 2. The van der Waals surface area contributed by atoms with Gasteiger partial charge in [0, 0.05) is 18.9 Å². The van der Waals surface area contributed by atoms with Crippen molar-refractivity contribution in [1.29, 1.82) is 0 Å². The van der Waals surface area contributed by atoms with Crippen LogP contribution in [0.5, 0.6) is 0 Å². The van der Waals surface area contributed by atoms with Gasteiger partial charge in [-0.15, -0.1) is 0 Å². The number of hydrogen-bond donors (Lipinski definition) is 5. The summed E-state index contributed by atoms with van der Waals surface area (Å²) in [7, 11) is 0. The van der Waals surface area contributed by atoms with Crippen LogP contribution in [-0.4, -0.2) is 56.1 Å². The lowest BCUT2D eigenvalue weighted by molar-refractivity contribution is -0.263. The largest absolute Gasteiger partial charge is 0.396 e. The van der Waals surface area contributed by atoms with Crippen LogP contribution in [0.25, 0.3) is 0 Å². The highest BCUT2D eigenvalue weighted by Crippen LogP contribution is 2.69. The van der Waals surface area contributed by atoms with E-state index in [1.165, 1.54) is 5.57 Å². The van der Waals surface area contributed by atoms with Crippen molar-refractivity contribution >= 4 is 0 Å². The minimum Gasteiger partial charge on any atom is -0.396 e. The number of rotatable bonds is 5. The molecule has 0 heterocycles. The third-order valence-corrected chi connectivity index (χ3v) is 11.8. The van der Waals surface area contributed by atoms with Crippen LogP contribution >= 0.6 is 0 Å². The Kier molecular flexibility index (Phi) is 7.14. The van der Waals surface area contributed by atoms with Crippen molar-refractivity contribution in [2.45, 2.75) is 110 Å². The molecule has 4 rings (SSSR count). The van der Waals surface area contributed by atoms with Crippen LogP contribution in [0.15, 0.2) is 11.6 Å². The van der Waals surface area contributed by atoms with Crippen LogP contribution < -0.4 is 0 Å². The van der Waals surface area contributed by atoms with Crippen molar-refractivity contribution in [1.82, 2.24) is 0 Å². The van der Waals surface area contributed by atoms with E-state index in [1.807, 2.05) is 0 Å². The first-order valence-electron chi connectivity index (χ1n) is 13.8. The van der Waals surface area contributed by atoms with Crippen molar-refractivity contribution in [3.05, 3.63) is 11.6 Å². The van der Waals surface area contributed by atoms with Crippen LogP contribution in [0.3, 0.4) is 0 Å². The molecule has 4 aliphatic carbocycles. The Hall–Kier alpha value is -0.460. The molecule has 0 aliphatic heterocycles. The van der Waals surface area contributed by atoms with Gasteiger partial charge in [-0.1, -0.05) is 46.3 Å². The minimum absolute atomic E-state index is 0.0136. The van der Waals surface area contributed by atoms with Gasteiger partial charge in [0.15, 0.2) is 0 Å². The molecule has 5 heteroatoms. The molecule has 0 aromatic heterocycles. The van der Waals surface area contributed by atoms with E-state index in [4.69, 9.17) is 0 Å². The topological polar surface area (TPSA) is 101 Å². The maximum absolute atomic E-state index is 12.4. The second-order valence-electron chi connectivity index (χ2n) is 13.5. The van der Waals surface area contributed by atoms with Gasteiger partial charge >= 0.3 is 0 Å². The predicted octanol–water partition coefficient (Wildman–Crippen LogP) is 3.91. The summed E-state index contributed by atoms with van der Waals surface area (Å²) in [5.74, 6) is 0.857. The third kappa shape index (κ3) is 3.93. The summed E-state index contributed by atoms with van der Waals surface area (Å²) in [6.45, 7) is 13.3. The Morgan fingerprint density at radius 1 is 0.971 bits per heavy atom. The molecule has 0 radical (unpaired) electrons. The van der Waals surface area contributed by atoms with Gasteiger partial charge in [-0.25, -0.2) is 0 Å². The van der Waals surface area contributed by atoms with Crippen molar-refractivity contribution in [3.63, 3.8) is 0 Å². The van der Waals surface area contributed by atoms with Gasteiger partial charge in [0.25, 0.3) is 0 Å². The summed E-state index contributed by atoms with van der Waals surface area (Å²) in [5, 5.41) is 55.0. The Morgan fingerprint density at radius 3 is 2.26 bits per heavy atom. The second-order valence-corrected chi connectivity index (χ2v) is 13.5. The molecule has 5 nitrogen and oxygen atoms in total. The first-order chi connectivity index (χ1) is 15.8. The molecule has 0 amide bonds. The van der Waals surface area contributed by atoms with Crippen molar-refractivity contribution < 1.29 is 25.5 Å². The maximum atomic E-state index is 12.4. The van der Waals surface area contributed by atoms with Gasteiger partial charge in [0.05, 0.1) is 23.9 Å². The van der Waals surface area contributed by atoms with E-state index in [-0.39, 0.29) is 59.0 Å². The maximum Gasteiger partial charge on any atom is 0.0763 e. The van der Waals surface area contributed by atoms with Crippen LogP contribution in [-0.2, 0) is 0 Å². The van der Waals surface area contributed by atoms with Crippen LogP contribution in [0.1, 0.15) is 86.5 Å². The standard InChI is InChI=1S/C29H50O5/c1-16(19(4)18(3)15-30)11-17(2)21-13-23(32)26-28(21,6)10-8-25-27(5)9-7-20(31)12-22(27)24(33)14-29(25,26)34/h11,17-26,30-34H,7-10,12-15H2,1-6H3/b16-11+/t17-,18+,19+,20+,21-,22?,23-,24+,25-,26-,27+,28-,29+/m1/s1. The van der Waals surface area contributed by atoms with E-state index in [0.717, 1.165) is 25.7 Å². The summed E-state index contributed by atoms with van der Waals surface area (Å²) >= 11 is 0. The van der Waals surface area contributed by atoms with E-state index in [9.17, 15) is 25.5 Å². The van der Waals surface area contributed by atoms with E-state index < -0.39 is 17.8 Å². The highest BCUT2D eigenvalue weighted by Gasteiger charge is 2.70. The SMILES string of the molecule is C/C(=C\[C@@H](C)[C@H]1C[C@@H](O)[C@@H]2[C@]1(C)CC[C@H]1[C@@]2(O)C[C@H](O)C2C[C@@H](O)CC[C@@]21C)[C@H](C)[C@@H](C)CO. The van der Waals surface area contributed by atoms with Crippen molar-refractivity contribution in [2.75, 3.05) is 6.61 Å². The van der Waals surface area contributed by atoms with E-state index in [2.05, 4.69) is 47.6 Å². The number of aliphatic hydroxyl groups excluding tert-OH is 4. The zero-order chi connectivity index (χ0) is 25.2. The molecule has 196 valence electrons. The Labute approximate surface area is 206 Å². The molecule has 4 fully saturated rings. The summed E-state index contributed by atoms with van der Waals surface area (Å²) in [5.41, 5.74) is -0.190. The van der Waals surface area contributed by atoms with E-state index >= 15 is 0 Å². The summed E-state index contributed by atoms with van der Waals surface area (Å²) in [4.78, 5) is 0. The fourth-order valence-electron chi connectivity index (χ4n) is 9.63. The molecule has 0 bridgehead atoms. The lowest BCUT2D eigenvalue weighted by atomic mass is 9.42. The fourth-order valence-corrected chi connectivity index (χ4v) is 9.63. The zero-order valence-electron chi connectivity index (χ0n) is 22.2. The molecule has 13 atom stereocenters. The highest BCUT2D eigenvalue weighted by molar-refractivity contribution is 5.21. The molecular weight excluding hydrogens is 428 g/mol. The van der Waals surface area contributed by atoms with Crippen LogP contribution in [0.2, 0.25) is 0 Å². The van der Waals surface area contributed by atoms with Gasteiger partial charge in [-0.3, -0.25) is 0 Å². The Balaban J connectivity index is 1.64. The number of hydrogen-bond acceptors (Lipinski definition) is 5. The lowest BCUT2D eigenvalue weighted by Crippen LogP contribution is -2.68. The molecule has 4 saturated carbocycles. The van der Waals surface area contributed by atoms with Gasteiger partial charge in [-0.2, -0.15) is 0 Å². The third-order valence-electron chi connectivity index (χ3n) is 11.8. The van der Waals surface area contributed by atoms with E-state index in [0.29, 0.717) is 25.2 Å². The monoisotopic (exact) mass is 478 g/mol. The summed E-state index contributed by atoms with van der Waals surface area (Å²) in [6, 6.07) is 0. The smallest absolute Gasteiger partial charge is 0.0763 e. The minimum atomic E-state index is -1.08. The van der Waals surface area contributed by atoms with Crippen LogP contribution in [0.4, 0.5) is 0 Å². The Morgan fingerprint density at radius 2 is 1.62 bits per heavy atom. The first kappa shape index (κ1) is 26.6. The highest BCUT2D eigenvalue weighted by atomic mass is 16.3. The molecule has 0 aromatic carbocycles. The van der Waals surface area contributed by atoms with Crippen LogP contribution in [0, 0.1) is 52.3 Å². The molecule has 0 spiro atoms. The van der Waals surface area contributed by atoms with Gasteiger partial charge in [0.1, 0.15) is 0 Å². The molecule has 0 saturated heterocycles. The fraction of sp³-hybridized carbons (Fsp3) is 0.931.